The van der Waals surface area contributed by atoms with E-state index in [-0.39, 0.29) is 12.2 Å². The molecule has 30 heavy (non-hydrogen) atoms. The Morgan fingerprint density at radius 2 is 1.97 bits per heavy atom. The van der Waals surface area contributed by atoms with Gasteiger partial charge in [-0.3, -0.25) is 9.89 Å². The Labute approximate surface area is 180 Å². The maximum atomic E-state index is 6.02. The van der Waals surface area contributed by atoms with E-state index in [0.29, 0.717) is 6.04 Å². The Morgan fingerprint density at radius 1 is 1.13 bits per heavy atom. The highest BCUT2D eigenvalue weighted by molar-refractivity contribution is 5.80. The molecule has 1 N–H and O–H groups in total. The van der Waals surface area contributed by atoms with Gasteiger partial charge < -0.3 is 24.4 Å². The highest BCUT2D eigenvalue weighted by Gasteiger charge is 2.32. The number of aliphatic imine (C=N–C) groups is 1. The van der Waals surface area contributed by atoms with Gasteiger partial charge in [-0.05, 0) is 25.3 Å². The van der Waals surface area contributed by atoms with E-state index in [1.54, 1.807) is 0 Å². The van der Waals surface area contributed by atoms with Gasteiger partial charge in [-0.2, -0.15) is 0 Å². The van der Waals surface area contributed by atoms with Crippen LogP contribution in [-0.4, -0.2) is 94.2 Å². The summed E-state index contributed by atoms with van der Waals surface area (Å²) in [6.45, 7) is 9.74. The molecule has 3 aliphatic rings. The van der Waals surface area contributed by atoms with Gasteiger partial charge in [-0.25, -0.2) is 0 Å². The van der Waals surface area contributed by atoms with Crippen LogP contribution in [0.25, 0.3) is 0 Å². The first kappa shape index (κ1) is 21.6. The average Bonchev–Trinajstić information content (AvgIpc) is 3.33. The van der Waals surface area contributed by atoms with Gasteiger partial charge in [0.05, 0.1) is 32.0 Å². The van der Waals surface area contributed by atoms with Crippen molar-refractivity contribution in [1.82, 2.24) is 15.1 Å². The number of rotatable bonds is 5. The molecule has 7 nitrogen and oxygen atoms in total. The van der Waals surface area contributed by atoms with Crippen LogP contribution in [0.15, 0.2) is 29.3 Å². The molecule has 0 aromatic heterocycles. The lowest BCUT2D eigenvalue weighted by molar-refractivity contribution is -0.0817. The van der Waals surface area contributed by atoms with Crippen LogP contribution in [0.3, 0.4) is 0 Å². The van der Waals surface area contributed by atoms with Crippen molar-refractivity contribution in [3.63, 3.8) is 0 Å². The largest absolute Gasteiger partial charge is 0.379 e. The molecule has 3 atom stereocenters. The van der Waals surface area contributed by atoms with E-state index in [1.807, 2.05) is 7.05 Å². The van der Waals surface area contributed by atoms with E-state index in [2.05, 4.69) is 51.3 Å². The number of ether oxygens (including phenoxy) is 3. The fraction of sp³-hybridized carbons (Fsp3) is 0.696. The summed E-state index contributed by atoms with van der Waals surface area (Å²) in [6.07, 6.45) is 2.58. The average molecular weight is 417 g/mol. The molecular formula is C23H36N4O3. The van der Waals surface area contributed by atoms with Crippen molar-refractivity contribution in [2.24, 2.45) is 4.99 Å². The Hall–Kier alpha value is -1.67. The number of aryl methyl sites for hydroxylation is 1. The Bertz CT molecular complexity index is 701. The summed E-state index contributed by atoms with van der Waals surface area (Å²) in [7, 11) is 1.87. The fourth-order valence-electron chi connectivity index (χ4n) is 4.73. The molecule has 0 spiro atoms. The summed E-state index contributed by atoms with van der Waals surface area (Å²) in [4.78, 5) is 9.44. The highest BCUT2D eigenvalue weighted by atomic mass is 16.5. The van der Waals surface area contributed by atoms with Crippen molar-refractivity contribution in [2.45, 2.75) is 38.0 Å². The molecule has 0 saturated carbocycles. The van der Waals surface area contributed by atoms with Crippen molar-refractivity contribution in [2.75, 3.05) is 66.2 Å². The van der Waals surface area contributed by atoms with E-state index in [4.69, 9.17) is 14.2 Å². The van der Waals surface area contributed by atoms with Crippen LogP contribution in [0.1, 0.15) is 30.0 Å². The highest BCUT2D eigenvalue weighted by Crippen LogP contribution is 2.23. The first-order valence-electron chi connectivity index (χ1n) is 11.3. The van der Waals surface area contributed by atoms with Crippen LogP contribution in [0.5, 0.6) is 0 Å². The zero-order chi connectivity index (χ0) is 20.8. The van der Waals surface area contributed by atoms with E-state index in [0.717, 1.165) is 78.0 Å². The molecule has 0 aliphatic carbocycles. The quantitative estimate of drug-likeness (QED) is 0.584. The number of hydrogen-bond donors (Lipinski definition) is 1. The van der Waals surface area contributed by atoms with Crippen molar-refractivity contribution in [3.05, 3.63) is 35.4 Å². The van der Waals surface area contributed by atoms with Gasteiger partial charge in [-0.1, -0.05) is 29.8 Å². The van der Waals surface area contributed by atoms with Gasteiger partial charge in [0.2, 0.25) is 0 Å². The van der Waals surface area contributed by atoms with Gasteiger partial charge in [0.15, 0.2) is 5.96 Å². The van der Waals surface area contributed by atoms with Gasteiger partial charge >= 0.3 is 0 Å². The molecule has 3 unspecified atom stereocenters. The minimum absolute atomic E-state index is 0.131. The van der Waals surface area contributed by atoms with E-state index in [1.165, 1.54) is 11.1 Å². The lowest BCUT2D eigenvalue weighted by Crippen LogP contribution is -2.54. The van der Waals surface area contributed by atoms with E-state index in [9.17, 15) is 0 Å². The maximum Gasteiger partial charge on any atom is 0.193 e. The molecule has 3 heterocycles. The van der Waals surface area contributed by atoms with Crippen molar-refractivity contribution in [3.8, 4) is 0 Å². The zero-order valence-electron chi connectivity index (χ0n) is 18.4. The Kier molecular flexibility index (Phi) is 7.60. The molecular weight excluding hydrogens is 380 g/mol. The fourth-order valence-corrected chi connectivity index (χ4v) is 4.73. The first-order chi connectivity index (χ1) is 14.7. The minimum Gasteiger partial charge on any atom is -0.379 e. The summed E-state index contributed by atoms with van der Waals surface area (Å²) in [6, 6.07) is 9.14. The number of hydrogen-bond acceptors (Lipinski definition) is 5. The SMILES string of the molecule is CN=C(NCC(c1cccc(C)c1)N1CCOCC1)N1CCOC(C2CCCO2)C1. The van der Waals surface area contributed by atoms with E-state index >= 15 is 0 Å². The Morgan fingerprint density at radius 3 is 2.70 bits per heavy atom. The predicted molar refractivity (Wildman–Crippen MR) is 118 cm³/mol. The third-order valence-corrected chi connectivity index (χ3v) is 6.35. The summed E-state index contributed by atoms with van der Waals surface area (Å²) >= 11 is 0. The number of guanidine groups is 1. The molecule has 7 heteroatoms. The smallest absolute Gasteiger partial charge is 0.193 e. The van der Waals surface area contributed by atoms with Crippen LogP contribution in [0.4, 0.5) is 0 Å². The van der Waals surface area contributed by atoms with Gasteiger partial charge in [0.25, 0.3) is 0 Å². The standard InChI is InChI=1S/C23H36N4O3/c1-18-5-3-6-19(15-18)20(26-8-12-28-13-9-26)16-25-23(24-2)27-10-14-30-22(17-27)21-7-4-11-29-21/h3,5-6,15,20-22H,4,7-14,16-17H2,1-2H3,(H,24,25). The lowest BCUT2D eigenvalue weighted by Gasteiger charge is -2.39. The molecule has 166 valence electrons. The molecule has 0 radical (unpaired) electrons. The lowest BCUT2D eigenvalue weighted by atomic mass is 10.0. The normalized spacial score (nSPS) is 27.3. The molecule has 0 bridgehead atoms. The van der Waals surface area contributed by atoms with Crippen LogP contribution in [0, 0.1) is 6.92 Å². The molecule has 1 aromatic rings. The molecule has 4 rings (SSSR count). The van der Waals surface area contributed by atoms with Crippen LogP contribution < -0.4 is 5.32 Å². The molecule has 1 aromatic carbocycles. The van der Waals surface area contributed by atoms with Crippen LogP contribution >= 0.6 is 0 Å². The minimum atomic E-state index is 0.131. The second kappa shape index (κ2) is 10.6. The first-order valence-corrected chi connectivity index (χ1v) is 11.3. The van der Waals surface area contributed by atoms with Crippen LogP contribution in [0.2, 0.25) is 0 Å². The van der Waals surface area contributed by atoms with Crippen molar-refractivity contribution < 1.29 is 14.2 Å². The number of morpholine rings is 2. The molecule has 0 amide bonds. The number of nitrogens with zero attached hydrogens (tertiary/aromatic N) is 3. The summed E-state index contributed by atoms with van der Waals surface area (Å²) in [5.74, 6) is 0.951. The van der Waals surface area contributed by atoms with Gasteiger partial charge in [0, 0.05) is 46.4 Å². The van der Waals surface area contributed by atoms with Crippen molar-refractivity contribution in [1.29, 1.82) is 0 Å². The van der Waals surface area contributed by atoms with Gasteiger partial charge in [-0.15, -0.1) is 0 Å². The molecule has 3 aliphatic heterocycles. The van der Waals surface area contributed by atoms with E-state index < -0.39 is 0 Å². The molecule has 3 saturated heterocycles. The topological polar surface area (TPSA) is 58.6 Å². The summed E-state index contributed by atoms with van der Waals surface area (Å²) in [5, 5.41) is 3.66. The van der Waals surface area contributed by atoms with Crippen molar-refractivity contribution >= 4 is 5.96 Å². The Balaban J connectivity index is 1.42. The monoisotopic (exact) mass is 416 g/mol. The third kappa shape index (κ3) is 5.32. The summed E-state index contributed by atoms with van der Waals surface area (Å²) < 4.78 is 17.5. The predicted octanol–water partition coefficient (Wildman–Crippen LogP) is 1.82. The second-order valence-electron chi connectivity index (χ2n) is 8.41. The van der Waals surface area contributed by atoms with Gasteiger partial charge in [0.1, 0.15) is 6.10 Å². The maximum absolute atomic E-state index is 6.02. The molecule has 3 fully saturated rings. The number of nitrogens with one attached hydrogen (secondary N) is 1. The second-order valence-corrected chi connectivity index (χ2v) is 8.41. The van der Waals surface area contributed by atoms with Crippen LogP contribution in [-0.2, 0) is 14.2 Å². The third-order valence-electron chi connectivity index (χ3n) is 6.35. The summed E-state index contributed by atoms with van der Waals surface area (Å²) in [5.41, 5.74) is 2.64. The zero-order valence-corrected chi connectivity index (χ0v) is 18.4. The number of benzene rings is 1.